The average Bonchev–Trinajstić information content (AvgIpc) is 3.38. The summed E-state index contributed by atoms with van der Waals surface area (Å²) in [4.78, 5) is 37.5. The number of benzene rings is 2. The van der Waals surface area contributed by atoms with Gasteiger partial charge in [0.05, 0.1) is 24.7 Å². The molecule has 186 valence electrons. The largest absolute Gasteiger partial charge is 0.480 e. The molecule has 2 unspecified atom stereocenters. The van der Waals surface area contributed by atoms with Gasteiger partial charge in [-0.1, -0.05) is 68.8 Å². The lowest BCUT2D eigenvalue weighted by atomic mass is 9.83. The molecule has 8 nitrogen and oxygen atoms in total. The smallest absolute Gasteiger partial charge is 0.407 e. The Labute approximate surface area is 205 Å². The number of carboxylic acids is 1. The third-order valence-corrected chi connectivity index (χ3v) is 7.38. The van der Waals surface area contributed by atoms with E-state index in [1.54, 1.807) is 13.8 Å². The standard InChI is InChI=1S/C27H32N2O6/c1-4-16(2)23(24(30)31)29-25(32)27(3)15-34-14-22(27)28-26(33)35-13-21-19-11-7-5-9-17(19)18-10-6-8-12-20(18)21/h5-12,16,21-23H,4,13-15H2,1-3H3,(H,28,33)(H,29,32)(H,30,31)/t16-,22?,23-,27?/m0/s1. The number of carbonyl (C=O) groups is 3. The van der Waals surface area contributed by atoms with Crippen molar-refractivity contribution in [3.63, 3.8) is 0 Å². The summed E-state index contributed by atoms with van der Waals surface area (Å²) >= 11 is 0. The number of alkyl carbamates (subject to hydrolysis) is 1. The number of hydrogen-bond acceptors (Lipinski definition) is 5. The average molecular weight is 481 g/mol. The molecule has 0 bridgehead atoms. The van der Waals surface area contributed by atoms with E-state index in [-0.39, 0.29) is 31.7 Å². The summed E-state index contributed by atoms with van der Waals surface area (Å²) in [7, 11) is 0. The Bertz CT molecular complexity index is 1070. The van der Waals surface area contributed by atoms with Gasteiger partial charge < -0.3 is 25.2 Å². The lowest BCUT2D eigenvalue weighted by Crippen LogP contribution is -2.57. The maximum absolute atomic E-state index is 13.1. The summed E-state index contributed by atoms with van der Waals surface area (Å²) in [5.74, 6) is -1.87. The highest BCUT2D eigenvalue weighted by Crippen LogP contribution is 2.44. The lowest BCUT2D eigenvalue weighted by Gasteiger charge is -2.31. The highest BCUT2D eigenvalue weighted by Gasteiger charge is 2.48. The fraction of sp³-hybridized carbons (Fsp3) is 0.444. The van der Waals surface area contributed by atoms with E-state index in [0.29, 0.717) is 6.42 Å². The molecule has 0 radical (unpaired) electrons. The SMILES string of the molecule is CC[C@H](C)[C@H](NC(=O)C1(C)COCC1NC(=O)OCC1c2ccccc2-c2ccccc21)C(=O)O. The maximum Gasteiger partial charge on any atom is 0.407 e. The molecular weight excluding hydrogens is 448 g/mol. The normalized spacial score (nSPS) is 22.5. The van der Waals surface area contributed by atoms with Crippen molar-refractivity contribution in [1.29, 1.82) is 0 Å². The monoisotopic (exact) mass is 480 g/mol. The van der Waals surface area contributed by atoms with Crippen LogP contribution in [-0.2, 0) is 19.1 Å². The Hall–Kier alpha value is -3.39. The van der Waals surface area contributed by atoms with Crippen molar-refractivity contribution in [3.05, 3.63) is 59.7 Å². The van der Waals surface area contributed by atoms with E-state index in [9.17, 15) is 19.5 Å². The van der Waals surface area contributed by atoms with Crippen molar-refractivity contribution >= 4 is 18.0 Å². The van der Waals surface area contributed by atoms with Crippen molar-refractivity contribution in [1.82, 2.24) is 10.6 Å². The molecule has 1 aliphatic carbocycles. The fourth-order valence-electron chi connectivity index (χ4n) is 4.87. The molecule has 2 aromatic carbocycles. The Morgan fingerprint density at radius 2 is 1.71 bits per heavy atom. The predicted octanol–water partition coefficient (Wildman–Crippen LogP) is 3.55. The van der Waals surface area contributed by atoms with Crippen molar-refractivity contribution < 1.29 is 29.0 Å². The van der Waals surface area contributed by atoms with E-state index >= 15 is 0 Å². The molecule has 1 fully saturated rings. The second-order valence-electron chi connectivity index (χ2n) is 9.63. The first-order chi connectivity index (χ1) is 16.8. The zero-order chi connectivity index (χ0) is 25.2. The van der Waals surface area contributed by atoms with E-state index in [1.807, 2.05) is 43.3 Å². The molecule has 2 aliphatic rings. The van der Waals surface area contributed by atoms with E-state index in [2.05, 4.69) is 22.8 Å². The molecule has 1 saturated heterocycles. The van der Waals surface area contributed by atoms with Crippen molar-refractivity contribution in [2.24, 2.45) is 11.3 Å². The summed E-state index contributed by atoms with van der Waals surface area (Å²) in [5.41, 5.74) is 3.38. The molecule has 0 spiro atoms. The second-order valence-corrected chi connectivity index (χ2v) is 9.63. The van der Waals surface area contributed by atoms with Gasteiger partial charge in [-0.2, -0.15) is 0 Å². The minimum atomic E-state index is -1.12. The molecule has 3 N–H and O–H groups in total. The van der Waals surface area contributed by atoms with Gasteiger partial charge in [0.2, 0.25) is 5.91 Å². The van der Waals surface area contributed by atoms with E-state index in [4.69, 9.17) is 9.47 Å². The van der Waals surface area contributed by atoms with Crippen LogP contribution in [0.5, 0.6) is 0 Å². The Balaban J connectivity index is 1.41. The first-order valence-electron chi connectivity index (χ1n) is 12.0. The van der Waals surface area contributed by atoms with Crippen LogP contribution in [-0.4, -0.2) is 55.0 Å². The fourth-order valence-corrected chi connectivity index (χ4v) is 4.87. The molecule has 8 heteroatoms. The first-order valence-corrected chi connectivity index (χ1v) is 12.0. The van der Waals surface area contributed by atoms with Gasteiger partial charge in [-0.3, -0.25) is 4.79 Å². The molecule has 1 aliphatic heterocycles. The van der Waals surface area contributed by atoms with Gasteiger partial charge in [0.1, 0.15) is 12.6 Å². The van der Waals surface area contributed by atoms with Crippen LogP contribution in [0, 0.1) is 11.3 Å². The second kappa shape index (κ2) is 10.1. The number of aliphatic carboxylic acids is 1. The van der Waals surface area contributed by atoms with Crippen molar-refractivity contribution in [2.45, 2.75) is 45.2 Å². The topological polar surface area (TPSA) is 114 Å². The van der Waals surface area contributed by atoms with Crippen molar-refractivity contribution in [3.8, 4) is 11.1 Å². The Kier molecular flexibility index (Phi) is 7.12. The zero-order valence-electron chi connectivity index (χ0n) is 20.2. The van der Waals surface area contributed by atoms with E-state index < -0.39 is 35.5 Å². The highest BCUT2D eigenvalue weighted by molar-refractivity contribution is 5.89. The minimum Gasteiger partial charge on any atom is -0.480 e. The summed E-state index contributed by atoms with van der Waals surface area (Å²) < 4.78 is 11.1. The number of nitrogens with one attached hydrogen (secondary N) is 2. The van der Waals surface area contributed by atoms with Gasteiger partial charge >= 0.3 is 12.1 Å². The van der Waals surface area contributed by atoms with Gasteiger partial charge in [-0.05, 0) is 35.1 Å². The van der Waals surface area contributed by atoms with Crippen molar-refractivity contribution in [2.75, 3.05) is 19.8 Å². The summed E-state index contributed by atoms with van der Waals surface area (Å²) in [6.45, 7) is 5.67. The van der Waals surface area contributed by atoms with Gasteiger partial charge in [0.25, 0.3) is 0 Å². The molecule has 2 amide bonds. The summed E-state index contributed by atoms with van der Waals surface area (Å²) in [6.07, 6.45) is -0.0376. The van der Waals surface area contributed by atoms with Crippen LogP contribution >= 0.6 is 0 Å². The Morgan fingerprint density at radius 3 is 2.29 bits per heavy atom. The number of carboxylic acid groups (broad SMARTS) is 1. The quantitative estimate of drug-likeness (QED) is 0.533. The van der Waals surface area contributed by atoms with Gasteiger partial charge in [0.15, 0.2) is 0 Å². The van der Waals surface area contributed by atoms with Crippen LogP contribution in [0.2, 0.25) is 0 Å². The maximum atomic E-state index is 13.1. The number of ether oxygens (including phenoxy) is 2. The van der Waals surface area contributed by atoms with Gasteiger partial charge in [0, 0.05) is 5.92 Å². The molecule has 1 heterocycles. The number of rotatable bonds is 8. The molecule has 35 heavy (non-hydrogen) atoms. The van der Waals surface area contributed by atoms with Crippen LogP contribution < -0.4 is 10.6 Å². The molecule has 0 saturated carbocycles. The molecule has 0 aromatic heterocycles. The molecule has 4 rings (SSSR count). The van der Waals surface area contributed by atoms with Gasteiger partial charge in [-0.15, -0.1) is 0 Å². The lowest BCUT2D eigenvalue weighted by molar-refractivity contribution is -0.145. The van der Waals surface area contributed by atoms with Crippen LogP contribution in [0.15, 0.2) is 48.5 Å². The highest BCUT2D eigenvalue weighted by atomic mass is 16.5. The predicted molar refractivity (Wildman–Crippen MR) is 130 cm³/mol. The third-order valence-electron chi connectivity index (χ3n) is 7.38. The molecule has 4 atom stereocenters. The minimum absolute atomic E-state index is 0.0694. The number of carbonyl (C=O) groups excluding carboxylic acids is 2. The summed E-state index contributed by atoms with van der Waals surface area (Å²) in [5, 5.41) is 15.0. The van der Waals surface area contributed by atoms with Crippen LogP contribution in [0.4, 0.5) is 4.79 Å². The summed E-state index contributed by atoms with van der Waals surface area (Å²) in [6, 6.07) is 14.5. The Morgan fingerprint density at radius 1 is 1.11 bits per heavy atom. The van der Waals surface area contributed by atoms with Crippen LogP contribution in [0.3, 0.4) is 0 Å². The zero-order valence-corrected chi connectivity index (χ0v) is 20.2. The number of fused-ring (bicyclic) bond motifs is 3. The number of hydrogen-bond donors (Lipinski definition) is 3. The molecular formula is C27H32N2O6. The third kappa shape index (κ3) is 4.75. The van der Waals surface area contributed by atoms with Crippen LogP contribution in [0.25, 0.3) is 11.1 Å². The van der Waals surface area contributed by atoms with Gasteiger partial charge in [-0.25, -0.2) is 9.59 Å². The molecule has 2 aromatic rings. The van der Waals surface area contributed by atoms with E-state index in [1.165, 1.54) is 0 Å². The van der Waals surface area contributed by atoms with E-state index in [0.717, 1.165) is 22.3 Å². The number of amides is 2. The van der Waals surface area contributed by atoms with Crippen LogP contribution in [0.1, 0.15) is 44.2 Å². The first kappa shape index (κ1) is 24.7.